The molecule has 0 aromatic heterocycles. The second-order valence-corrected chi connectivity index (χ2v) is 8.87. The van der Waals surface area contributed by atoms with E-state index in [-0.39, 0.29) is 46.4 Å². The summed E-state index contributed by atoms with van der Waals surface area (Å²) in [6, 6.07) is 3.88. The largest absolute Gasteiger partial charge is 0.377 e. The molecular weight excluding hydrogens is 394 g/mol. The SMILES string of the molecule is CC(C)CC(=O)NNC(=O)c1ccc(Cl)c(S(=O)(=O)NCC2CCCO2)c1. The van der Waals surface area contributed by atoms with Crippen molar-refractivity contribution in [2.75, 3.05) is 13.2 Å². The molecule has 0 spiro atoms. The van der Waals surface area contributed by atoms with Gasteiger partial charge >= 0.3 is 0 Å². The molecule has 0 saturated carbocycles. The number of carbonyl (C=O) groups excluding carboxylic acids is 2. The van der Waals surface area contributed by atoms with Gasteiger partial charge in [0, 0.05) is 25.1 Å². The van der Waals surface area contributed by atoms with Gasteiger partial charge < -0.3 is 4.74 Å². The molecule has 10 heteroatoms. The molecule has 1 atom stereocenters. The van der Waals surface area contributed by atoms with Crippen LogP contribution in [0.4, 0.5) is 0 Å². The fourth-order valence-corrected chi connectivity index (χ4v) is 4.15. The number of nitrogens with one attached hydrogen (secondary N) is 3. The number of sulfonamides is 1. The Hall–Kier alpha value is -1.68. The lowest BCUT2D eigenvalue weighted by Crippen LogP contribution is -2.42. The Morgan fingerprint density at radius 1 is 1.30 bits per heavy atom. The van der Waals surface area contributed by atoms with Crippen molar-refractivity contribution in [3.05, 3.63) is 28.8 Å². The lowest BCUT2D eigenvalue weighted by Gasteiger charge is -2.13. The average Bonchev–Trinajstić information content (AvgIpc) is 3.11. The standard InChI is InChI=1S/C17H24ClN3O5S/c1-11(2)8-16(22)20-21-17(23)12-5-6-14(18)15(9-12)27(24,25)19-10-13-4-3-7-26-13/h5-6,9,11,13,19H,3-4,7-8,10H2,1-2H3,(H,20,22)(H,21,23). The summed E-state index contributed by atoms with van der Waals surface area (Å²) in [6.07, 6.45) is 1.77. The molecule has 1 aliphatic rings. The number of hydrogen-bond donors (Lipinski definition) is 3. The molecule has 150 valence electrons. The molecule has 0 bridgehead atoms. The van der Waals surface area contributed by atoms with E-state index in [0.29, 0.717) is 6.61 Å². The molecule has 1 saturated heterocycles. The van der Waals surface area contributed by atoms with Gasteiger partial charge in [0.1, 0.15) is 4.90 Å². The maximum atomic E-state index is 12.5. The summed E-state index contributed by atoms with van der Waals surface area (Å²) in [5, 5.41) is -0.00441. The molecule has 1 unspecified atom stereocenters. The quantitative estimate of drug-likeness (QED) is 0.583. The minimum atomic E-state index is -3.91. The van der Waals surface area contributed by atoms with Gasteiger partial charge in [0.2, 0.25) is 15.9 Å². The van der Waals surface area contributed by atoms with Crippen molar-refractivity contribution in [1.29, 1.82) is 0 Å². The molecule has 2 amide bonds. The van der Waals surface area contributed by atoms with Crippen LogP contribution in [-0.2, 0) is 19.6 Å². The molecule has 1 aromatic carbocycles. The lowest BCUT2D eigenvalue weighted by atomic mass is 10.1. The van der Waals surface area contributed by atoms with Gasteiger partial charge in [-0.3, -0.25) is 20.4 Å². The van der Waals surface area contributed by atoms with E-state index in [1.54, 1.807) is 0 Å². The molecule has 27 heavy (non-hydrogen) atoms. The van der Waals surface area contributed by atoms with Crippen LogP contribution in [0.3, 0.4) is 0 Å². The summed E-state index contributed by atoms with van der Waals surface area (Å²) in [5.41, 5.74) is 4.61. The lowest BCUT2D eigenvalue weighted by molar-refractivity contribution is -0.122. The summed E-state index contributed by atoms with van der Waals surface area (Å²) >= 11 is 6.01. The van der Waals surface area contributed by atoms with Gasteiger partial charge in [0.25, 0.3) is 5.91 Å². The summed E-state index contributed by atoms with van der Waals surface area (Å²) in [5.74, 6) is -0.832. The number of rotatable bonds is 7. The van der Waals surface area contributed by atoms with E-state index in [1.807, 2.05) is 13.8 Å². The van der Waals surface area contributed by atoms with E-state index in [9.17, 15) is 18.0 Å². The molecule has 2 rings (SSSR count). The highest BCUT2D eigenvalue weighted by Crippen LogP contribution is 2.23. The fraction of sp³-hybridized carbons (Fsp3) is 0.529. The third-order valence-electron chi connectivity index (χ3n) is 3.92. The van der Waals surface area contributed by atoms with Crippen molar-refractivity contribution in [2.24, 2.45) is 5.92 Å². The van der Waals surface area contributed by atoms with E-state index in [0.717, 1.165) is 12.8 Å². The summed E-state index contributed by atoms with van der Waals surface area (Å²) in [7, 11) is -3.91. The van der Waals surface area contributed by atoms with Crippen LogP contribution in [0.25, 0.3) is 0 Å². The third kappa shape index (κ3) is 6.46. The first-order valence-electron chi connectivity index (χ1n) is 8.69. The highest BCUT2D eigenvalue weighted by Gasteiger charge is 2.23. The van der Waals surface area contributed by atoms with E-state index in [1.165, 1.54) is 18.2 Å². The number of carbonyl (C=O) groups is 2. The van der Waals surface area contributed by atoms with Gasteiger partial charge in [-0.1, -0.05) is 25.4 Å². The molecular formula is C17H24ClN3O5S. The Labute approximate surface area is 164 Å². The predicted octanol–water partition coefficient (Wildman–Crippen LogP) is 1.60. The first-order valence-corrected chi connectivity index (χ1v) is 10.5. The number of halogens is 1. The minimum Gasteiger partial charge on any atom is -0.377 e. The first kappa shape index (κ1) is 21.6. The second-order valence-electron chi connectivity index (χ2n) is 6.73. The van der Waals surface area contributed by atoms with Crippen LogP contribution in [0.5, 0.6) is 0 Å². The van der Waals surface area contributed by atoms with Crippen molar-refractivity contribution < 1.29 is 22.7 Å². The Bertz CT molecular complexity index is 792. The van der Waals surface area contributed by atoms with Crippen molar-refractivity contribution in [2.45, 2.75) is 44.1 Å². The second kappa shape index (κ2) is 9.50. The maximum absolute atomic E-state index is 12.5. The van der Waals surface area contributed by atoms with E-state index >= 15 is 0 Å². The summed E-state index contributed by atoms with van der Waals surface area (Å²) < 4.78 is 32.9. The van der Waals surface area contributed by atoms with Crippen LogP contribution in [0.2, 0.25) is 5.02 Å². The van der Waals surface area contributed by atoms with Gasteiger partial charge in [-0.2, -0.15) is 0 Å². The molecule has 3 N–H and O–H groups in total. The Balaban J connectivity index is 2.05. The van der Waals surface area contributed by atoms with Gasteiger partial charge in [0.05, 0.1) is 11.1 Å². The molecule has 1 fully saturated rings. The monoisotopic (exact) mass is 417 g/mol. The normalized spacial score (nSPS) is 17.1. The molecule has 0 radical (unpaired) electrons. The topological polar surface area (TPSA) is 114 Å². The van der Waals surface area contributed by atoms with Crippen molar-refractivity contribution in [3.8, 4) is 0 Å². The van der Waals surface area contributed by atoms with Crippen LogP contribution < -0.4 is 15.6 Å². The van der Waals surface area contributed by atoms with E-state index < -0.39 is 15.9 Å². The number of ether oxygens (including phenoxy) is 1. The van der Waals surface area contributed by atoms with Crippen molar-refractivity contribution >= 4 is 33.4 Å². The van der Waals surface area contributed by atoms with E-state index in [4.69, 9.17) is 16.3 Å². The highest BCUT2D eigenvalue weighted by molar-refractivity contribution is 7.89. The number of hydrazine groups is 1. The van der Waals surface area contributed by atoms with Crippen LogP contribution in [-0.4, -0.2) is 39.5 Å². The molecule has 1 heterocycles. The smallest absolute Gasteiger partial charge is 0.269 e. The Morgan fingerprint density at radius 3 is 2.67 bits per heavy atom. The zero-order valence-corrected chi connectivity index (χ0v) is 16.8. The van der Waals surface area contributed by atoms with Crippen molar-refractivity contribution in [1.82, 2.24) is 15.6 Å². The minimum absolute atomic E-state index is 0.00441. The first-order chi connectivity index (χ1) is 12.7. The fourth-order valence-electron chi connectivity index (χ4n) is 2.56. The number of benzene rings is 1. The average molecular weight is 418 g/mol. The molecule has 8 nitrogen and oxygen atoms in total. The molecule has 0 aliphatic carbocycles. The summed E-state index contributed by atoms with van der Waals surface area (Å²) in [4.78, 5) is 23.6. The molecule has 1 aromatic rings. The summed E-state index contributed by atoms with van der Waals surface area (Å²) in [6.45, 7) is 4.51. The van der Waals surface area contributed by atoms with Gasteiger partial charge in [-0.25, -0.2) is 13.1 Å². The third-order valence-corrected chi connectivity index (χ3v) is 5.82. The van der Waals surface area contributed by atoms with E-state index in [2.05, 4.69) is 15.6 Å². The van der Waals surface area contributed by atoms with Crippen LogP contribution in [0.15, 0.2) is 23.1 Å². The van der Waals surface area contributed by atoms with Crippen LogP contribution in [0.1, 0.15) is 43.5 Å². The zero-order valence-electron chi connectivity index (χ0n) is 15.2. The highest BCUT2D eigenvalue weighted by atomic mass is 35.5. The Morgan fingerprint density at radius 2 is 2.04 bits per heavy atom. The van der Waals surface area contributed by atoms with Gasteiger partial charge in [-0.15, -0.1) is 0 Å². The Kier molecular flexibility index (Phi) is 7.60. The maximum Gasteiger partial charge on any atom is 0.269 e. The number of hydrogen-bond acceptors (Lipinski definition) is 5. The van der Waals surface area contributed by atoms with Gasteiger partial charge in [0.15, 0.2) is 0 Å². The van der Waals surface area contributed by atoms with Gasteiger partial charge in [-0.05, 0) is 37.0 Å². The zero-order chi connectivity index (χ0) is 20.0. The molecule has 1 aliphatic heterocycles. The van der Waals surface area contributed by atoms with Crippen LogP contribution in [0, 0.1) is 5.92 Å². The van der Waals surface area contributed by atoms with Crippen LogP contribution >= 0.6 is 11.6 Å². The number of amides is 2. The predicted molar refractivity (Wildman–Crippen MR) is 101 cm³/mol. The van der Waals surface area contributed by atoms with Crippen molar-refractivity contribution in [3.63, 3.8) is 0 Å².